The second kappa shape index (κ2) is 8.75. The molecule has 2 aromatic carbocycles. The van der Waals surface area contributed by atoms with Gasteiger partial charge in [-0.2, -0.15) is 0 Å². The number of fused-ring (bicyclic) bond motifs is 1. The molecule has 0 fully saturated rings. The lowest BCUT2D eigenvalue weighted by Crippen LogP contribution is -2.44. The number of amides is 1. The molecule has 3 rings (SSSR count). The highest BCUT2D eigenvalue weighted by Gasteiger charge is 2.32. The van der Waals surface area contributed by atoms with Gasteiger partial charge in [-0.15, -0.1) is 0 Å². The Bertz CT molecular complexity index is 911. The van der Waals surface area contributed by atoms with Crippen LogP contribution in [0.4, 0.5) is 5.69 Å². The highest BCUT2D eigenvalue weighted by molar-refractivity contribution is 5.94. The van der Waals surface area contributed by atoms with Gasteiger partial charge in [0.05, 0.1) is 6.04 Å². The van der Waals surface area contributed by atoms with Gasteiger partial charge in [0.25, 0.3) is 0 Å². The number of nitrogens with zero attached hydrogens (tertiary/aromatic N) is 1. The Morgan fingerprint density at radius 1 is 1.18 bits per heavy atom. The number of allylic oxidation sites excluding steroid dienone is 4. The molecule has 0 radical (unpaired) electrons. The van der Waals surface area contributed by atoms with E-state index >= 15 is 0 Å². The number of hydrogen-bond donors (Lipinski definition) is 1. The number of carbonyl (C=O) groups excluding carboxylic acids is 1. The average Bonchev–Trinajstić information content (AvgIpc) is 2.71. The van der Waals surface area contributed by atoms with Gasteiger partial charge >= 0.3 is 0 Å². The molecule has 0 saturated carbocycles. The fourth-order valence-corrected chi connectivity index (χ4v) is 3.89. The van der Waals surface area contributed by atoms with Crippen molar-refractivity contribution in [2.75, 3.05) is 4.90 Å². The van der Waals surface area contributed by atoms with Crippen LogP contribution in [0.25, 0.3) is 11.1 Å². The third-order valence-electron chi connectivity index (χ3n) is 5.19. The lowest BCUT2D eigenvalue weighted by atomic mass is 9.89. The van der Waals surface area contributed by atoms with Crippen LogP contribution in [0.15, 0.2) is 85.1 Å². The van der Waals surface area contributed by atoms with E-state index in [-0.39, 0.29) is 18.0 Å². The third kappa shape index (κ3) is 4.09. The molecule has 1 amide bonds. The fraction of sp³-hybridized carbons (Fsp3) is 0.240. The van der Waals surface area contributed by atoms with Crippen LogP contribution >= 0.6 is 0 Å². The van der Waals surface area contributed by atoms with E-state index in [1.54, 1.807) is 13.0 Å². The highest BCUT2D eigenvalue weighted by atomic mass is 16.2. The van der Waals surface area contributed by atoms with Gasteiger partial charge in [-0.1, -0.05) is 61.2 Å². The summed E-state index contributed by atoms with van der Waals surface area (Å²) in [5.74, 6) is 0.0810. The van der Waals surface area contributed by atoms with Gasteiger partial charge in [0.2, 0.25) is 5.91 Å². The van der Waals surface area contributed by atoms with Crippen molar-refractivity contribution >= 4 is 11.6 Å². The Balaban J connectivity index is 2.06. The van der Waals surface area contributed by atoms with Crippen LogP contribution in [0.5, 0.6) is 0 Å². The van der Waals surface area contributed by atoms with Gasteiger partial charge in [-0.05, 0) is 55.2 Å². The zero-order valence-electron chi connectivity index (χ0n) is 16.9. The monoisotopic (exact) mass is 372 g/mol. The Morgan fingerprint density at radius 2 is 1.93 bits per heavy atom. The van der Waals surface area contributed by atoms with Crippen LogP contribution < -0.4 is 10.2 Å². The quantitative estimate of drug-likeness (QED) is 0.675. The first-order chi connectivity index (χ1) is 13.5. The maximum absolute atomic E-state index is 12.3. The van der Waals surface area contributed by atoms with E-state index in [2.05, 4.69) is 55.2 Å². The van der Waals surface area contributed by atoms with Crippen molar-refractivity contribution in [1.29, 1.82) is 0 Å². The lowest BCUT2D eigenvalue weighted by molar-refractivity contribution is -0.117. The minimum atomic E-state index is 0.0810. The second-order valence-electron chi connectivity index (χ2n) is 7.15. The van der Waals surface area contributed by atoms with Crippen molar-refractivity contribution in [3.8, 4) is 11.1 Å². The largest absolute Gasteiger partial charge is 0.378 e. The van der Waals surface area contributed by atoms with E-state index in [1.165, 1.54) is 5.56 Å². The molecular weight excluding hydrogens is 344 g/mol. The third-order valence-corrected chi connectivity index (χ3v) is 5.19. The summed E-state index contributed by atoms with van der Waals surface area (Å²) in [5.41, 5.74) is 5.53. The maximum Gasteiger partial charge on any atom is 0.224 e. The first-order valence-corrected chi connectivity index (χ1v) is 9.76. The first-order valence-electron chi connectivity index (χ1n) is 9.76. The van der Waals surface area contributed by atoms with E-state index < -0.39 is 0 Å². The molecule has 1 N–H and O–H groups in total. The van der Waals surface area contributed by atoms with Crippen LogP contribution in [0.1, 0.15) is 38.8 Å². The van der Waals surface area contributed by atoms with Crippen molar-refractivity contribution in [2.45, 2.75) is 39.3 Å². The predicted octanol–water partition coefficient (Wildman–Crippen LogP) is 5.78. The van der Waals surface area contributed by atoms with Crippen LogP contribution in [0, 0.1) is 0 Å². The number of nitrogens with one attached hydrogen (secondary N) is 1. The molecule has 2 aromatic rings. The molecule has 0 unspecified atom stereocenters. The minimum Gasteiger partial charge on any atom is -0.378 e. The molecule has 28 heavy (non-hydrogen) atoms. The van der Waals surface area contributed by atoms with E-state index in [4.69, 9.17) is 0 Å². The summed E-state index contributed by atoms with van der Waals surface area (Å²) in [6.45, 7) is 9.52. The summed E-state index contributed by atoms with van der Waals surface area (Å²) in [7, 11) is 0. The zero-order chi connectivity index (χ0) is 20.1. The van der Waals surface area contributed by atoms with Gasteiger partial charge in [-0.3, -0.25) is 4.79 Å². The summed E-state index contributed by atoms with van der Waals surface area (Å²) in [6.07, 6.45) is 8.63. The smallest absolute Gasteiger partial charge is 0.224 e. The summed E-state index contributed by atoms with van der Waals surface area (Å²) >= 11 is 0. The SMILES string of the molecule is C=C/C=C\C(=C/C)N[C@H]1C[C@H](C)N(C(C)=O)c2ccc(-c3ccccc3)cc21. The summed E-state index contributed by atoms with van der Waals surface area (Å²) in [5, 5.41) is 3.65. The Labute approximate surface area is 168 Å². The van der Waals surface area contributed by atoms with Crippen molar-refractivity contribution in [1.82, 2.24) is 5.32 Å². The van der Waals surface area contributed by atoms with E-state index in [9.17, 15) is 4.79 Å². The van der Waals surface area contributed by atoms with Gasteiger partial charge < -0.3 is 10.2 Å². The number of anilines is 1. The molecule has 3 heteroatoms. The molecular formula is C25H28N2O. The molecule has 0 saturated heterocycles. The predicted molar refractivity (Wildman–Crippen MR) is 118 cm³/mol. The Morgan fingerprint density at radius 3 is 2.57 bits per heavy atom. The van der Waals surface area contributed by atoms with Crippen molar-refractivity contribution in [3.05, 3.63) is 90.7 Å². The van der Waals surface area contributed by atoms with Crippen molar-refractivity contribution in [3.63, 3.8) is 0 Å². The van der Waals surface area contributed by atoms with Crippen molar-refractivity contribution in [2.24, 2.45) is 0 Å². The van der Waals surface area contributed by atoms with Crippen LogP contribution in [-0.4, -0.2) is 11.9 Å². The molecule has 144 valence electrons. The van der Waals surface area contributed by atoms with Crippen LogP contribution in [0.3, 0.4) is 0 Å². The average molecular weight is 373 g/mol. The molecule has 0 aliphatic carbocycles. The summed E-state index contributed by atoms with van der Waals surface area (Å²) in [4.78, 5) is 14.2. The van der Waals surface area contributed by atoms with E-state index in [0.29, 0.717) is 0 Å². The standard InChI is InChI=1S/C25H28N2O/c1-5-7-13-22(6-2)26-24-16-18(3)27(19(4)28)25-15-14-21(17-23(24)25)20-11-9-8-10-12-20/h5-15,17-18,24,26H,1,16H2,2-4H3/b13-7-,22-6+/t18-,24-/m0/s1. The number of benzene rings is 2. The summed E-state index contributed by atoms with van der Waals surface area (Å²) in [6, 6.07) is 17.0. The highest BCUT2D eigenvalue weighted by Crippen LogP contribution is 2.40. The summed E-state index contributed by atoms with van der Waals surface area (Å²) < 4.78 is 0. The number of rotatable bonds is 5. The van der Waals surface area contributed by atoms with Crippen LogP contribution in [0.2, 0.25) is 0 Å². The zero-order valence-corrected chi connectivity index (χ0v) is 16.9. The number of hydrogen-bond acceptors (Lipinski definition) is 2. The fourth-order valence-electron chi connectivity index (χ4n) is 3.89. The van der Waals surface area contributed by atoms with Gasteiger partial charge in [-0.25, -0.2) is 0 Å². The molecule has 1 aliphatic rings. The molecule has 0 spiro atoms. The Kier molecular flexibility index (Phi) is 6.15. The Hall–Kier alpha value is -3.07. The van der Waals surface area contributed by atoms with Gasteiger partial charge in [0.1, 0.15) is 0 Å². The number of carbonyl (C=O) groups is 1. The van der Waals surface area contributed by atoms with E-state index in [0.717, 1.165) is 28.9 Å². The molecule has 0 aromatic heterocycles. The van der Waals surface area contributed by atoms with E-state index in [1.807, 2.05) is 42.2 Å². The molecule has 3 nitrogen and oxygen atoms in total. The van der Waals surface area contributed by atoms with Gasteiger partial charge in [0, 0.05) is 24.4 Å². The van der Waals surface area contributed by atoms with Crippen LogP contribution in [-0.2, 0) is 4.79 Å². The van der Waals surface area contributed by atoms with Crippen molar-refractivity contribution < 1.29 is 4.79 Å². The molecule has 1 aliphatic heterocycles. The minimum absolute atomic E-state index is 0.0810. The lowest BCUT2D eigenvalue weighted by Gasteiger charge is -2.40. The second-order valence-corrected chi connectivity index (χ2v) is 7.15. The normalized spacial score (nSPS) is 19.4. The molecule has 0 bridgehead atoms. The molecule has 2 atom stereocenters. The first kappa shape index (κ1) is 19.7. The maximum atomic E-state index is 12.3. The molecule has 1 heterocycles. The van der Waals surface area contributed by atoms with Gasteiger partial charge in [0.15, 0.2) is 0 Å². The topological polar surface area (TPSA) is 32.3 Å².